The van der Waals surface area contributed by atoms with Gasteiger partial charge >= 0.3 is 0 Å². The molecule has 1 aromatic rings. The van der Waals surface area contributed by atoms with Crippen LogP contribution in [0.4, 0.5) is 5.69 Å². The van der Waals surface area contributed by atoms with E-state index in [9.17, 15) is 4.79 Å². The van der Waals surface area contributed by atoms with Crippen molar-refractivity contribution in [3.05, 3.63) is 29.3 Å². The van der Waals surface area contributed by atoms with E-state index in [1.807, 2.05) is 32.2 Å². The second-order valence-corrected chi connectivity index (χ2v) is 4.11. The largest absolute Gasteiger partial charge is 0.323 e. The lowest BCUT2D eigenvalue weighted by Crippen LogP contribution is -2.20. The van der Waals surface area contributed by atoms with Gasteiger partial charge in [-0.3, -0.25) is 9.80 Å². The summed E-state index contributed by atoms with van der Waals surface area (Å²) in [4.78, 5) is 10.7. The van der Waals surface area contributed by atoms with Crippen molar-refractivity contribution >= 4 is 23.4 Å². The molecule has 18 heavy (non-hydrogen) atoms. The summed E-state index contributed by atoms with van der Waals surface area (Å²) in [6.45, 7) is 5.79. The van der Waals surface area contributed by atoms with Gasteiger partial charge in [0.15, 0.2) is 6.29 Å². The Hall–Kier alpha value is -2.17. The summed E-state index contributed by atoms with van der Waals surface area (Å²) in [6.07, 6.45) is 0.590. The lowest BCUT2D eigenvalue weighted by molar-refractivity contribution is -0.102. The third-order valence-corrected chi connectivity index (χ3v) is 2.79. The van der Waals surface area contributed by atoms with E-state index in [2.05, 4.69) is 17.1 Å². The number of nitrogens with zero attached hydrogens (tertiary/aromatic N) is 3. The minimum absolute atomic E-state index is 0.144. The topological polar surface area (TPSA) is 71.0 Å². The number of hydrogen-bond donors (Lipinski definition) is 1. The van der Waals surface area contributed by atoms with Crippen molar-refractivity contribution in [1.29, 1.82) is 0 Å². The Kier molecular flexibility index (Phi) is 4.59. The van der Waals surface area contributed by atoms with Gasteiger partial charge in [-0.25, -0.2) is 0 Å². The van der Waals surface area contributed by atoms with Crippen molar-refractivity contribution in [1.82, 2.24) is 0 Å². The van der Waals surface area contributed by atoms with Crippen LogP contribution in [0, 0.1) is 13.8 Å². The monoisotopic (exact) mass is 246 g/mol. The number of rotatable bonds is 4. The Balaban J connectivity index is 3.00. The minimum atomic E-state index is 0.144. The lowest BCUT2D eigenvalue weighted by atomic mass is 10.1. The van der Waals surface area contributed by atoms with Crippen LogP contribution >= 0.6 is 0 Å². The number of aryl methyl sites for hydroxylation is 2. The highest BCUT2D eigenvalue weighted by atomic mass is 16.1. The predicted octanol–water partition coefficient (Wildman–Crippen LogP) is 1.63. The van der Waals surface area contributed by atoms with Gasteiger partial charge < -0.3 is 5.84 Å². The van der Waals surface area contributed by atoms with Crippen LogP contribution in [-0.2, 0) is 4.79 Å². The second kappa shape index (κ2) is 5.95. The number of carbonyl (C=O) groups is 1. The molecular weight excluding hydrogens is 228 g/mol. The molecule has 0 saturated heterocycles. The maximum absolute atomic E-state index is 10.7. The zero-order chi connectivity index (χ0) is 13.7. The number of hydrogen-bond acceptors (Lipinski definition) is 5. The molecule has 96 valence electrons. The van der Waals surface area contributed by atoms with Gasteiger partial charge in [0.05, 0.1) is 11.4 Å². The number of carbonyl (C=O) groups excluding carboxylic acids is 1. The smallest absolute Gasteiger partial charge is 0.172 e. The summed E-state index contributed by atoms with van der Waals surface area (Å²) in [6, 6.07) is 6.04. The van der Waals surface area contributed by atoms with Crippen molar-refractivity contribution in [2.75, 3.05) is 12.1 Å². The van der Waals surface area contributed by atoms with Crippen LogP contribution in [0.1, 0.15) is 18.1 Å². The molecule has 0 atom stereocenters. The first kappa shape index (κ1) is 13.9. The number of benzene rings is 1. The second-order valence-electron chi connectivity index (χ2n) is 4.11. The van der Waals surface area contributed by atoms with Crippen LogP contribution in [0.25, 0.3) is 0 Å². The summed E-state index contributed by atoms with van der Waals surface area (Å²) in [5.74, 6) is 5.10. The highest BCUT2D eigenvalue weighted by molar-refractivity contribution is 6.61. The van der Waals surface area contributed by atoms with Gasteiger partial charge in [-0.15, -0.1) is 0 Å². The molecule has 2 N–H and O–H groups in total. The summed E-state index contributed by atoms with van der Waals surface area (Å²) >= 11 is 0. The first-order valence-electron chi connectivity index (χ1n) is 5.59. The van der Waals surface area contributed by atoms with Gasteiger partial charge in [0.25, 0.3) is 0 Å². The molecule has 0 bridgehead atoms. The highest BCUT2D eigenvalue weighted by Gasteiger charge is 2.05. The SMILES string of the molecule is CC(=N/N(C)c1ccc(C)c(C)c1)/C(C=O)=N/N. The number of aldehydes is 1. The Morgan fingerprint density at radius 1 is 1.33 bits per heavy atom. The number of hydrazone groups is 2. The van der Waals surface area contributed by atoms with E-state index in [1.54, 1.807) is 11.9 Å². The zero-order valence-corrected chi connectivity index (χ0v) is 11.1. The quantitative estimate of drug-likeness (QED) is 0.380. The molecule has 0 saturated carbocycles. The van der Waals surface area contributed by atoms with E-state index in [-0.39, 0.29) is 5.71 Å². The Labute approximate surface area is 107 Å². The molecule has 1 rings (SSSR count). The van der Waals surface area contributed by atoms with Crippen molar-refractivity contribution in [2.24, 2.45) is 16.0 Å². The van der Waals surface area contributed by atoms with Gasteiger partial charge in [0.2, 0.25) is 0 Å². The van der Waals surface area contributed by atoms with Crippen molar-refractivity contribution < 1.29 is 4.79 Å². The molecular formula is C13H18N4O. The maximum atomic E-state index is 10.7. The summed E-state index contributed by atoms with van der Waals surface area (Å²) in [5.41, 5.74) is 3.99. The van der Waals surface area contributed by atoms with E-state index < -0.39 is 0 Å². The van der Waals surface area contributed by atoms with Gasteiger partial charge in [0, 0.05) is 7.05 Å². The molecule has 0 aliphatic carbocycles. The standard InChI is InChI=1S/C13H18N4O/c1-9-5-6-12(7-10(9)2)17(4)16-11(3)13(8-18)15-14/h5-8H,14H2,1-4H3/b15-13+,16-11-. The third kappa shape index (κ3) is 3.16. The van der Waals surface area contributed by atoms with Gasteiger partial charge in [-0.1, -0.05) is 6.07 Å². The minimum Gasteiger partial charge on any atom is -0.323 e. The molecule has 0 fully saturated rings. The van der Waals surface area contributed by atoms with Crippen LogP contribution in [0.2, 0.25) is 0 Å². The lowest BCUT2D eigenvalue weighted by Gasteiger charge is -2.15. The fourth-order valence-electron chi connectivity index (χ4n) is 1.47. The summed E-state index contributed by atoms with van der Waals surface area (Å²) < 4.78 is 0. The zero-order valence-electron chi connectivity index (χ0n) is 11.1. The average Bonchev–Trinajstić information content (AvgIpc) is 2.34. The van der Waals surface area contributed by atoms with Gasteiger partial charge in [-0.05, 0) is 44.0 Å². The molecule has 0 amide bonds. The van der Waals surface area contributed by atoms with Crippen molar-refractivity contribution in [3.8, 4) is 0 Å². The Morgan fingerprint density at radius 3 is 2.50 bits per heavy atom. The van der Waals surface area contributed by atoms with Crippen LogP contribution in [0.5, 0.6) is 0 Å². The fraction of sp³-hybridized carbons (Fsp3) is 0.308. The molecule has 5 heteroatoms. The molecule has 0 aliphatic rings. The van der Waals surface area contributed by atoms with E-state index in [0.717, 1.165) is 5.69 Å². The molecule has 0 radical (unpaired) electrons. The summed E-state index contributed by atoms with van der Waals surface area (Å²) in [7, 11) is 1.81. The van der Waals surface area contributed by atoms with Crippen LogP contribution in [0.3, 0.4) is 0 Å². The molecule has 0 aromatic heterocycles. The van der Waals surface area contributed by atoms with E-state index in [4.69, 9.17) is 5.84 Å². The van der Waals surface area contributed by atoms with Gasteiger partial charge in [0.1, 0.15) is 5.71 Å². The maximum Gasteiger partial charge on any atom is 0.172 e. The number of nitrogens with two attached hydrogens (primary N) is 1. The molecule has 5 nitrogen and oxygen atoms in total. The normalized spacial score (nSPS) is 12.4. The van der Waals surface area contributed by atoms with E-state index >= 15 is 0 Å². The first-order valence-corrected chi connectivity index (χ1v) is 5.59. The molecule has 1 aromatic carbocycles. The number of anilines is 1. The summed E-state index contributed by atoms with van der Waals surface area (Å²) in [5, 5.41) is 9.33. The molecule has 0 unspecified atom stereocenters. The van der Waals surface area contributed by atoms with E-state index in [0.29, 0.717) is 12.0 Å². The predicted molar refractivity (Wildman–Crippen MR) is 75.1 cm³/mol. The molecule has 0 heterocycles. The van der Waals surface area contributed by atoms with E-state index in [1.165, 1.54) is 11.1 Å². The van der Waals surface area contributed by atoms with Crippen LogP contribution < -0.4 is 10.9 Å². The Morgan fingerprint density at radius 2 is 2.00 bits per heavy atom. The van der Waals surface area contributed by atoms with Crippen LogP contribution in [-0.4, -0.2) is 24.8 Å². The molecule has 0 spiro atoms. The average molecular weight is 246 g/mol. The van der Waals surface area contributed by atoms with Crippen molar-refractivity contribution in [3.63, 3.8) is 0 Å². The van der Waals surface area contributed by atoms with Crippen molar-refractivity contribution in [2.45, 2.75) is 20.8 Å². The first-order chi connectivity index (χ1) is 8.49. The van der Waals surface area contributed by atoms with Gasteiger partial charge in [-0.2, -0.15) is 10.2 Å². The Bertz CT molecular complexity index is 506. The van der Waals surface area contributed by atoms with Crippen LogP contribution in [0.15, 0.2) is 28.4 Å². The molecule has 0 aliphatic heterocycles. The third-order valence-electron chi connectivity index (χ3n) is 2.79. The highest BCUT2D eigenvalue weighted by Crippen LogP contribution is 2.17. The fourth-order valence-corrected chi connectivity index (χ4v) is 1.47.